The molecule has 0 saturated carbocycles. The van der Waals surface area contributed by atoms with Crippen molar-refractivity contribution >= 4 is 11.6 Å². The zero-order valence-electron chi connectivity index (χ0n) is 17.1. The quantitative estimate of drug-likeness (QED) is 0.341. The van der Waals surface area contributed by atoms with Crippen LogP contribution in [0.4, 0.5) is 10.1 Å². The molecule has 0 radical (unpaired) electrons. The van der Waals surface area contributed by atoms with Crippen molar-refractivity contribution in [1.29, 1.82) is 0 Å². The SMILES string of the molecule is CC(NC(=O)c1cc(-c2ccc(F)cc2)nn1-c1ccc([N+](=O)[O-])cc1)c1ccccc1. The van der Waals surface area contributed by atoms with Crippen LogP contribution in [0.1, 0.15) is 29.0 Å². The lowest BCUT2D eigenvalue weighted by Gasteiger charge is -2.15. The van der Waals surface area contributed by atoms with Crippen LogP contribution in [0.3, 0.4) is 0 Å². The molecular weight excluding hydrogens is 411 g/mol. The Bertz CT molecular complexity index is 1250. The van der Waals surface area contributed by atoms with Gasteiger partial charge in [-0.05, 0) is 55.0 Å². The number of aromatic nitrogens is 2. The monoisotopic (exact) mass is 430 g/mol. The molecule has 7 nitrogen and oxygen atoms in total. The first-order valence-electron chi connectivity index (χ1n) is 9.89. The van der Waals surface area contributed by atoms with Crippen molar-refractivity contribution < 1.29 is 14.1 Å². The van der Waals surface area contributed by atoms with Gasteiger partial charge in [-0.1, -0.05) is 30.3 Å². The molecule has 1 amide bonds. The summed E-state index contributed by atoms with van der Waals surface area (Å²) in [5, 5.41) is 18.5. The third-order valence-corrected chi connectivity index (χ3v) is 5.03. The zero-order chi connectivity index (χ0) is 22.7. The molecule has 0 aliphatic heterocycles. The van der Waals surface area contributed by atoms with Gasteiger partial charge in [0.1, 0.15) is 11.5 Å². The molecule has 1 aromatic heterocycles. The second-order valence-corrected chi connectivity index (χ2v) is 7.21. The summed E-state index contributed by atoms with van der Waals surface area (Å²) in [6, 6.07) is 22.4. The number of carbonyl (C=O) groups is 1. The highest BCUT2D eigenvalue weighted by Crippen LogP contribution is 2.24. The van der Waals surface area contributed by atoms with Crippen LogP contribution in [-0.2, 0) is 0 Å². The van der Waals surface area contributed by atoms with E-state index in [9.17, 15) is 19.3 Å². The van der Waals surface area contributed by atoms with Gasteiger partial charge in [-0.15, -0.1) is 0 Å². The summed E-state index contributed by atoms with van der Waals surface area (Å²) in [5.74, 6) is -0.737. The average molecular weight is 430 g/mol. The number of hydrogen-bond donors (Lipinski definition) is 1. The number of nitro benzene ring substituents is 1. The van der Waals surface area contributed by atoms with Gasteiger partial charge < -0.3 is 5.32 Å². The number of hydrogen-bond acceptors (Lipinski definition) is 4. The third-order valence-electron chi connectivity index (χ3n) is 5.03. The second kappa shape index (κ2) is 8.81. The lowest BCUT2D eigenvalue weighted by atomic mass is 10.1. The van der Waals surface area contributed by atoms with Gasteiger partial charge in [0.25, 0.3) is 11.6 Å². The van der Waals surface area contributed by atoms with Crippen molar-refractivity contribution in [3.8, 4) is 16.9 Å². The number of benzene rings is 3. The number of carbonyl (C=O) groups excluding carboxylic acids is 1. The Kier molecular flexibility index (Phi) is 5.76. The van der Waals surface area contributed by atoms with Gasteiger partial charge in [-0.2, -0.15) is 5.10 Å². The van der Waals surface area contributed by atoms with Crippen LogP contribution in [0.5, 0.6) is 0 Å². The lowest BCUT2D eigenvalue weighted by Crippen LogP contribution is -2.28. The van der Waals surface area contributed by atoms with E-state index in [0.717, 1.165) is 5.56 Å². The van der Waals surface area contributed by atoms with Crippen LogP contribution in [0.2, 0.25) is 0 Å². The van der Waals surface area contributed by atoms with E-state index in [1.54, 1.807) is 18.2 Å². The van der Waals surface area contributed by atoms with Crippen LogP contribution >= 0.6 is 0 Å². The molecule has 1 atom stereocenters. The molecular formula is C24H19FN4O3. The fourth-order valence-corrected chi connectivity index (χ4v) is 3.31. The van der Waals surface area contributed by atoms with Crippen LogP contribution in [0.15, 0.2) is 84.9 Å². The van der Waals surface area contributed by atoms with Gasteiger partial charge in [0.05, 0.1) is 22.3 Å². The van der Waals surface area contributed by atoms with Crippen LogP contribution < -0.4 is 5.32 Å². The molecule has 3 aromatic carbocycles. The summed E-state index contributed by atoms with van der Waals surface area (Å²) in [6.07, 6.45) is 0. The Morgan fingerprint density at radius 1 is 1.03 bits per heavy atom. The number of nitrogens with zero attached hydrogens (tertiary/aromatic N) is 3. The molecule has 0 saturated heterocycles. The van der Waals surface area contributed by atoms with Crippen LogP contribution in [-0.4, -0.2) is 20.6 Å². The van der Waals surface area contributed by atoms with Crippen molar-refractivity contribution in [3.63, 3.8) is 0 Å². The standard InChI is InChI=1S/C24H19FN4O3/c1-16(17-5-3-2-4-6-17)26-24(30)23-15-22(18-7-9-19(25)10-8-18)27-28(23)20-11-13-21(14-12-20)29(31)32/h2-16H,1H3,(H,26,30). The minimum Gasteiger partial charge on any atom is -0.344 e. The maximum Gasteiger partial charge on any atom is 0.270 e. The van der Waals surface area contributed by atoms with Gasteiger partial charge in [-0.3, -0.25) is 14.9 Å². The van der Waals surface area contributed by atoms with Gasteiger partial charge >= 0.3 is 0 Å². The van der Waals surface area contributed by atoms with E-state index in [1.807, 2.05) is 37.3 Å². The molecule has 1 unspecified atom stereocenters. The smallest absolute Gasteiger partial charge is 0.270 e. The first kappa shape index (κ1) is 20.9. The molecule has 0 aliphatic carbocycles. The van der Waals surface area contributed by atoms with Gasteiger partial charge in [-0.25, -0.2) is 9.07 Å². The van der Waals surface area contributed by atoms with Crippen molar-refractivity contribution in [2.24, 2.45) is 0 Å². The van der Waals surface area contributed by atoms with Crippen molar-refractivity contribution in [3.05, 3.63) is 112 Å². The van der Waals surface area contributed by atoms with Crippen LogP contribution in [0, 0.1) is 15.9 Å². The predicted octanol–water partition coefficient (Wildman–Crippen LogP) is 5.08. The zero-order valence-corrected chi connectivity index (χ0v) is 17.1. The fourth-order valence-electron chi connectivity index (χ4n) is 3.31. The maximum absolute atomic E-state index is 13.3. The van der Waals surface area contributed by atoms with E-state index in [-0.39, 0.29) is 29.1 Å². The minimum absolute atomic E-state index is 0.0663. The highest BCUT2D eigenvalue weighted by atomic mass is 19.1. The molecule has 32 heavy (non-hydrogen) atoms. The van der Waals surface area contributed by atoms with Crippen molar-refractivity contribution in [2.75, 3.05) is 0 Å². The van der Waals surface area contributed by atoms with Crippen molar-refractivity contribution in [1.82, 2.24) is 15.1 Å². The third kappa shape index (κ3) is 4.39. The first-order chi connectivity index (χ1) is 15.4. The number of amides is 1. The Balaban J connectivity index is 1.72. The molecule has 4 rings (SSSR count). The molecule has 1 N–H and O–H groups in total. The number of halogens is 1. The average Bonchev–Trinajstić information content (AvgIpc) is 3.26. The lowest BCUT2D eigenvalue weighted by molar-refractivity contribution is -0.384. The minimum atomic E-state index is -0.494. The molecule has 0 bridgehead atoms. The summed E-state index contributed by atoms with van der Waals surface area (Å²) in [6.45, 7) is 1.88. The fraction of sp³-hybridized carbons (Fsp3) is 0.0833. The van der Waals surface area contributed by atoms with E-state index in [4.69, 9.17) is 0 Å². The first-order valence-corrected chi connectivity index (χ1v) is 9.89. The highest BCUT2D eigenvalue weighted by molar-refractivity contribution is 5.94. The summed E-state index contributed by atoms with van der Waals surface area (Å²) in [4.78, 5) is 23.6. The van der Waals surface area contributed by atoms with E-state index >= 15 is 0 Å². The molecule has 0 spiro atoms. The van der Waals surface area contributed by atoms with E-state index < -0.39 is 4.92 Å². The van der Waals surface area contributed by atoms with Gasteiger partial charge in [0, 0.05) is 17.7 Å². The summed E-state index contributed by atoms with van der Waals surface area (Å²) < 4.78 is 14.8. The maximum atomic E-state index is 13.3. The molecule has 160 valence electrons. The van der Waals surface area contributed by atoms with Crippen LogP contribution in [0.25, 0.3) is 16.9 Å². The number of nitro groups is 1. The number of nitrogens with one attached hydrogen (secondary N) is 1. The summed E-state index contributed by atoms with van der Waals surface area (Å²) in [5.41, 5.74) is 2.73. The molecule has 0 fully saturated rings. The molecule has 8 heteroatoms. The molecule has 1 heterocycles. The Hall–Kier alpha value is -4.33. The Labute approximate surface area is 183 Å². The largest absolute Gasteiger partial charge is 0.344 e. The Morgan fingerprint density at radius 2 is 1.69 bits per heavy atom. The number of rotatable bonds is 6. The topological polar surface area (TPSA) is 90.1 Å². The predicted molar refractivity (Wildman–Crippen MR) is 118 cm³/mol. The summed E-state index contributed by atoms with van der Waals surface area (Å²) in [7, 11) is 0. The van der Waals surface area contributed by atoms with Gasteiger partial charge in [0.2, 0.25) is 0 Å². The van der Waals surface area contributed by atoms with Crippen molar-refractivity contribution in [2.45, 2.75) is 13.0 Å². The van der Waals surface area contributed by atoms with E-state index in [1.165, 1.54) is 41.1 Å². The highest BCUT2D eigenvalue weighted by Gasteiger charge is 2.20. The Morgan fingerprint density at radius 3 is 2.31 bits per heavy atom. The molecule has 4 aromatic rings. The molecule has 0 aliphatic rings. The van der Waals surface area contributed by atoms with E-state index in [2.05, 4.69) is 10.4 Å². The second-order valence-electron chi connectivity index (χ2n) is 7.21. The van der Waals surface area contributed by atoms with Gasteiger partial charge in [0.15, 0.2) is 0 Å². The van der Waals surface area contributed by atoms with E-state index in [0.29, 0.717) is 16.9 Å². The number of non-ortho nitro benzene ring substituents is 1. The summed E-state index contributed by atoms with van der Waals surface area (Å²) >= 11 is 0. The normalized spacial score (nSPS) is 11.7.